The van der Waals surface area contributed by atoms with E-state index in [1.54, 1.807) is 0 Å². The third-order valence-corrected chi connectivity index (χ3v) is 2.69. The summed E-state index contributed by atoms with van der Waals surface area (Å²) in [5.74, 6) is 0. The minimum Gasteiger partial charge on any atom is -0.310 e. The van der Waals surface area contributed by atoms with Gasteiger partial charge < -0.3 is 5.32 Å². The van der Waals surface area contributed by atoms with Gasteiger partial charge in [-0.1, -0.05) is 47.4 Å². The molecular formula is C10H13BrClN. The second-order valence-corrected chi connectivity index (χ2v) is 4.56. The molecule has 0 aliphatic rings. The third-order valence-electron chi connectivity index (χ3n) is 1.72. The molecular weight excluding hydrogens is 249 g/mol. The first-order chi connectivity index (χ1) is 6.09. The van der Waals surface area contributed by atoms with Gasteiger partial charge in [0.15, 0.2) is 0 Å². The van der Waals surface area contributed by atoms with Crippen LogP contribution >= 0.6 is 27.5 Å². The molecule has 0 bridgehead atoms. The summed E-state index contributed by atoms with van der Waals surface area (Å²) >= 11 is 9.30. The molecule has 0 radical (unpaired) electrons. The topological polar surface area (TPSA) is 12.0 Å². The molecule has 0 aliphatic heterocycles. The Bertz CT molecular complexity index is 286. The van der Waals surface area contributed by atoms with Gasteiger partial charge in [0, 0.05) is 22.1 Å². The lowest BCUT2D eigenvalue weighted by atomic mass is 10.2. The van der Waals surface area contributed by atoms with E-state index < -0.39 is 0 Å². The molecule has 1 aromatic carbocycles. The summed E-state index contributed by atoms with van der Waals surface area (Å²) in [6.45, 7) is 5.13. The Kier molecular flexibility index (Phi) is 4.23. The van der Waals surface area contributed by atoms with Crippen LogP contribution in [0.4, 0.5) is 0 Å². The summed E-state index contributed by atoms with van der Waals surface area (Å²) < 4.78 is 1.06. The average Bonchev–Trinajstić information content (AvgIpc) is 2.02. The van der Waals surface area contributed by atoms with Crippen LogP contribution in [0.15, 0.2) is 22.7 Å². The van der Waals surface area contributed by atoms with Crippen molar-refractivity contribution < 1.29 is 0 Å². The van der Waals surface area contributed by atoms with Gasteiger partial charge in [0.1, 0.15) is 0 Å². The molecule has 3 heteroatoms. The molecule has 13 heavy (non-hydrogen) atoms. The van der Waals surface area contributed by atoms with Crippen molar-refractivity contribution >= 4 is 27.5 Å². The Morgan fingerprint density at radius 3 is 2.69 bits per heavy atom. The van der Waals surface area contributed by atoms with Crippen LogP contribution in [0.2, 0.25) is 5.02 Å². The van der Waals surface area contributed by atoms with Crippen LogP contribution < -0.4 is 5.32 Å². The second-order valence-electron chi connectivity index (χ2n) is 3.27. The molecule has 0 amide bonds. The first-order valence-electron chi connectivity index (χ1n) is 4.27. The molecule has 0 fully saturated rings. The zero-order chi connectivity index (χ0) is 9.84. The molecule has 1 aromatic rings. The Labute approximate surface area is 92.6 Å². The van der Waals surface area contributed by atoms with Crippen molar-refractivity contribution in [2.45, 2.75) is 26.4 Å². The fourth-order valence-electron chi connectivity index (χ4n) is 0.979. The molecule has 1 nitrogen and oxygen atoms in total. The Morgan fingerprint density at radius 2 is 2.15 bits per heavy atom. The highest BCUT2D eigenvalue weighted by atomic mass is 79.9. The third kappa shape index (κ3) is 3.67. The summed E-state index contributed by atoms with van der Waals surface area (Å²) in [5, 5.41) is 4.11. The SMILES string of the molecule is CC(C)NCc1ccc(Cl)cc1Br. The molecule has 72 valence electrons. The minimum atomic E-state index is 0.502. The van der Waals surface area contributed by atoms with Crippen molar-refractivity contribution in [3.63, 3.8) is 0 Å². The Morgan fingerprint density at radius 1 is 1.46 bits per heavy atom. The van der Waals surface area contributed by atoms with Gasteiger partial charge in [-0.3, -0.25) is 0 Å². The predicted molar refractivity (Wildman–Crippen MR) is 61.1 cm³/mol. The van der Waals surface area contributed by atoms with Crippen LogP contribution in [0.1, 0.15) is 19.4 Å². The van der Waals surface area contributed by atoms with E-state index >= 15 is 0 Å². The molecule has 0 aromatic heterocycles. The number of halogens is 2. The number of rotatable bonds is 3. The highest BCUT2D eigenvalue weighted by Gasteiger charge is 2.00. The molecule has 0 unspecified atom stereocenters. The molecule has 0 spiro atoms. The predicted octanol–water partition coefficient (Wildman–Crippen LogP) is 3.60. The molecule has 0 atom stereocenters. The van der Waals surface area contributed by atoms with Gasteiger partial charge in [-0.2, -0.15) is 0 Å². The fourth-order valence-corrected chi connectivity index (χ4v) is 1.80. The summed E-state index contributed by atoms with van der Waals surface area (Å²) in [6, 6.07) is 6.35. The zero-order valence-corrected chi connectivity index (χ0v) is 10.1. The van der Waals surface area contributed by atoms with Crippen molar-refractivity contribution in [3.05, 3.63) is 33.3 Å². The second kappa shape index (κ2) is 4.99. The lowest BCUT2D eigenvalue weighted by Crippen LogP contribution is -2.21. The first kappa shape index (κ1) is 11.0. The number of benzene rings is 1. The molecule has 0 saturated carbocycles. The van der Waals surface area contributed by atoms with E-state index in [0.717, 1.165) is 16.0 Å². The van der Waals surface area contributed by atoms with Crippen LogP contribution in [-0.4, -0.2) is 6.04 Å². The largest absolute Gasteiger partial charge is 0.310 e. The van der Waals surface area contributed by atoms with Gasteiger partial charge in [0.05, 0.1) is 0 Å². The van der Waals surface area contributed by atoms with Crippen LogP contribution in [0.5, 0.6) is 0 Å². The Balaban J connectivity index is 2.67. The van der Waals surface area contributed by atoms with E-state index in [1.165, 1.54) is 5.56 Å². The standard InChI is InChI=1S/C10H13BrClN/c1-7(2)13-6-8-3-4-9(12)5-10(8)11/h3-5,7,13H,6H2,1-2H3. The molecule has 0 aliphatic carbocycles. The maximum absolute atomic E-state index is 5.83. The quantitative estimate of drug-likeness (QED) is 0.878. The van der Waals surface area contributed by atoms with E-state index in [2.05, 4.69) is 35.1 Å². The van der Waals surface area contributed by atoms with Gasteiger partial charge in [0.2, 0.25) is 0 Å². The van der Waals surface area contributed by atoms with Crippen molar-refractivity contribution in [2.75, 3.05) is 0 Å². The van der Waals surface area contributed by atoms with E-state index in [4.69, 9.17) is 11.6 Å². The number of hydrogen-bond acceptors (Lipinski definition) is 1. The average molecular weight is 263 g/mol. The van der Waals surface area contributed by atoms with E-state index in [-0.39, 0.29) is 0 Å². The van der Waals surface area contributed by atoms with Gasteiger partial charge >= 0.3 is 0 Å². The highest BCUT2D eigenvalue weighted by Crippen LogP contribution is 2.21. The Hall–Kier alpha value is -0.0500. The van der Waals surface area contributed by atoms with Gasteiger partial charge in [-0.25, -0.2) is 0 Å². The van der Waals surface area contributed by atoms with Gasteiger partial charge in [-0.05, 0) is 17.7 Å². The highest BCUT2D eigenvalue weighted by molar-refractivity contribution is 9.10. The normalized spacial score (nSPS) is 10.8. The lowest BCUT2D eigenvalue weighted by Gasteiger charge is -2.09. The minimum absolute atomic E-state index is 0.502. The van der Waals surface area contributed by atoms with Crippen molar-refractivity contribution in [1.29, 1.82) is 0 Å². The van der Waals surface area contributed by atoms with Crippen LogP contribution in [0.25, 0.3) is 0 Å². The maximum atomic E-state index is 5.83. The summed E-state index contributed by atoms with van der Waals surface area (Å²) in [6.07, 6.45) is 0. The van der Waals surface area contributed by atoms with Crippen molar-refractivity contribution in [2.24, 2.45) is 0 Å². The summed E-state index contributed by atoms with van der Waals surface area (Å²) in [5.41, 5.74) is 1.23. The molecule has 1 N–H and O–H groups in total. The molecule has 0 saturated heterocycles. The summed E-state index contributed by atoms with van der Waals surface area (Å²) in [4.78, 5) is 0. The number of hydrogen-bond donors (Lipinski definition) is 1. The van der Waals surface area contributed by atoms with Crippen molar-refractivity contribution in [3.8, 4) is 0 Å². The maximum Gasteiger partial charge on any atom is 0.0417 e. The molecule has 0 heterocycles. The fraction of sp³-hybridized carbons (Fsp3) is 0.400. The monoisotopic (exact) mass is 261 g/mol. The van der Waals surface area contributed by atoms with Crippen LogP contribution in [0, 0.1) is 0 Å². The first-order valence-corrected chi connectivity index (χ1v) is 5.44. The zero-order valence-electron chi connectivity index (χ0n) is 7.77. The lowest BCUT2D eigenvalue weighted by molar-refractivity contribution is 0.588. The van der Waals surface area contributed by atoms with E-state index in [1.807, 2.05) is 18.2 Å². The van der Waals surface area contributed by atoms with Gasteiger partial charge in [0.25, 0.3) is 0 Å². The summed E-state index contributed by atoms with van der Waals surface area (Å²) in [7, 11) is 0. The van der Waals surface area contributed by atoms with Crippen LogP contribution in [-0.2, 0) is 6.54 Å². The smallest absolute Gasteiger partial charge is 0.0417 e. The van der Waals surface area contributed by atoms with Crippen molar-refractivity contribution in [1.82, 2.24) is 5.32 Å². The number of nitrogens with one attached hydrogen (secondary N) is 1. The van der Waals surface area contributed by atoms with Gasteiger partial charge in [-0.15, -0.1) is 0 Å². The molecule has 1 rings (SSSR count). The van der Waals surface area contributed by atoms with Crippen LogP contribution in [0.3, 0.4) is 0 Å². The van der Waals surface area contributed by atoms with E-state index in [9.17, 15) is 0 Å². The van der Waals surface area contributed by atoms with E-state index in [0.29, 0.717) is 6.04 Å².